The summed E-state index contributed by atoms with van der Waals surface area (Å²) < 4.78 is 15.2. The number of hydrogen-bond acceptors (Lipinski definition) is 2. The second-order valence-electron chi connectivity index (χ2n) is 4.51. The highest BCUT2D eigenvalue weighted by atomic mass is 19.1. The van der Waals surface area contributed by atoms with Crippen LogP contribution in [0, 0.1) is 12.7 Å². The highest BCUT2D eigenvalue weighted by Crippen LogP contribution is 2.21. The monoisotopic (exact) mass is 248 g/mol. The summed E-state index contributed by atoms with van der Waals surface area (Å²) in [6.07, 6.45) is 2.36. The van der Waals surface area contributed by atoms with Crippen molar-refractivity contribution >= 4 is 0 Å². The van der Waals surface area contributed by atoms with E-state index in [1.807, 2.05) is 13.1 Å². The number of aliphatic hydroxyl groups excluding tert-OH is 1. The third-order valence-electron chi connectivity index (χ3n) is 3.18. The van der Waals surface area contributed by atoms with Gasteiger partial charge in [0.1, 0.15) is 5.82 Å². The molecule has 0 amide bonds. The summed E-state index contributed by atoms with van der Waals surface area (Å²) in [5.41, 5.74) is 2.28. The minimum Gasteiger partial charge on any atom is -0.388 e. The van der Waals surface area contributed by atoms with Crippen molar-refractivity contribution < 1.29 is 9.50 Å². The van der Waals surface area contributed by atoms with E-state index in [0.717, 1.165) is 5.69 Å². The van der Waals surface area contributed by atoms with Crippen molar-refractivity contribution in [2.24, 2.45) is 7.05 Å². The second kappa shape index (κ2) is 5.31. The standard InChI is InChI=1S/C14H17FN2O/c1-10-3-4-11(9-13(10)15)14(18)6-5-12-7-8-16-17(12)2/h3-4,7-9,14,18H,5-6H2,1-2H3. The number of benzene rings is 1. The Balaban J connectivity index is 2.01. The van der Waals surface area contributed by atoms with Crippen LogP contribution in [0.4, 0.5) is 4.39 Å². The van der Waals surface area contributed by atoms with Crippen LogP contribution in [0.2, 0.25) is 0 Å². The number of hydrogen-bond donors (Lipinski definition) is 1. The van der Waals surface area contributed by atoms with Gasteiger partial charge < -0.3 is 5.11 Å². The number of aromatic nitrogens is 2. The Morgan fingerprint density at radius 1 is 1.39 bits per heavy atom. The molecule has 18 heavy (non-hydrogen) atoms. The predicted octanol–water partition coefficient (Wildman–Crippen LogP) is 2.53. The maximum Gasteiger partial charge on any atom is 0.126 e. The highest BCUT2D eigenvalue weighted by Gasteiger charge is 2.10. The van der Waals surface area contributed by atoms with Crippen molar-refractivity contribution in [3.05, 3.63) is 53.1 Å². The first-order valence-electron chi connectivity index (χ1n) is 5.99. The van der Waals surface area contributed by atoms with Crippen molar-refractivity contribution in [2.75, 3.05) is 0 Å². The van der Waals surface area contributed by atoms with Crippen LogP contribution in [-0.2, 0) is 13.5 Å². The van der Waals surface area contributed by atoms with Crippen LogP contribution < -0.4 is 0 Å². The summed E-state index contributed by atoms with van der Waals surface area (Å²) in [5, 5.41) is 14.1. The Labute approximate surface area is 106 Å². The molecule has 96 valence electrons. The van der Waals surface area contributed by atoms with Crippen LogP contribution in [0.25, 0.3) is 0 Å². The lowest BCUT2D eigenvalue weighted by Gasteiger charge is -2.11. The Hall–Kier alpha value is -1.68. The Morgan fingerprint density at radius 2 is 2.17 bits per heavy atom. The SMILES string of the molecule is Cc1ccc(C(O)CCc2ccnn2C)cc1F. The maximum absolute atomic E-state index is 13.4. The first-order valence-corrected chi connectivity index (χ1v) is 5.99. The molecule has 1 heterocycles. The molecule has 1 atom stereocenters. The molecule has 0 aliphatic heterocycles. The molecule has 2 rings (SSSR count). The minimum absolute atomic E-state index is 0.271. The molecule has 0 radical (unpaired) electrons. The Morgan fingerprint density at radius 3 is 2.78 bits per heavy atom. The van der Waals surface area contributed by atoms with Crippen LogP contribution in [0.3, 0.4) is 0 Å². The van der Waals surface area contributed by atoms with Gasteiger partial charge in [0.05, 0.1) is 6.10 Å². The summed E-state index contributed by atoms with van der Waals surface area (Å²) in [6, 6.07) is 6.79. The van der Waals surface area contributed by atoms with Gasteiger partial charge in [0, 0.05) is 18.9 Å². The summed E-state index contributed by atoms with van der Waals surface area (Å²) in [7, 11) is 1.87. The van der Waals surface area contributed by atoms with E-state index in [-0.39, 0.29) is 5.82 Å². The van der Waals surface area contributed by atoms with Crippen LogP contribution in [-0.4, -0.2) is 14.9 Å². The van der Waals surface area contributed by atoms with E-state index in [2.05, 4.69) is 5.10 Å². The third kappa shape index (κ3) is 2.76. The fourth-order valence-electron chi connectivity index (χ4n) is 1.91. The lowest BCUT2D eigenvalue weighted by molar-refractivity contribution is 0.166. The fraction of sp³-hybridized carbons (Fsp3) is 0.357. The number of nitrogens with zero attached hydrogens (tertiary/aromatic N) is 2. The molecule has 1 unspecified atom stereocenters. The number of halogens is 1. The quantitative estimate of drug-likeness (QED) is 0.903. The minimum atomic E-state index is -0.644. The van der Waals surface area contributed by atoms with Gasteiger partial charge in [-0.15, -0.1) is 0 Å². The van der Waals surface area contributed by atoms with E-state index in [9.17, 15) is 9.50 Å². The molecule has 0 spiro atoms. The largest absolute Gasteiger partial charge is 0.388 e. The molecule has 1 aromatic carbocycles. The van der Waals surface area contributed by atoms with E-state index in [4.69, 9.17) is 0 Å². The molecule has 0 aliphatic rings. The van der Waals surface area contributed by atoms with Crippen LogP contribution >= 0.6 is 0 Å². The van der Waals surface area contributed by atoms with Gasteiger partial charge in [0.15, 0.2) is 0 Å². The molecule has 4 heteroatoms. The number of rotatable bonds is 4. The van der Waals surface area contributed by atoms with E-state index >= 15 is 0 Å². The van der Waals surface area contributed by atoms with Gasteiger partial charge >= 0.3 is 0 Å². The first kappa shape index (κ1) is 12.8. The Bertz CT molecular complexity index is 536. The van der Waals surface area contributed by atoms with Crippen molar-refractivity contribution in [3.8, 4) is 0 Å². The zero-order valence-corrected chi connectivity index (χ0v) is 10.6. The van der Waals surface area contributed by atoms with Gasteiger partial charge in [0.2, 0.25) is 0 Å². The molecule has 0 saturated heterocycles. The molecular formula is C14H17FN2O. The van der Waals surface area contributed by atoms with Gasteiger partial charge in [0.25, 0.3) is 0 Å². The average molecular weight is 248 g/mol. The highest BCUT2D eigenvalue weighted by molar-refractivity contribution is 5.25. The van der Waals surface area contributed by atoms with Crippen LogP contribution in [0.1, 0.15) is 29.3 Å². The van der Waals surface area contributed by atoms with Gasteiger partial charge in [-0.2, -0.15) is 5.10 Å². The van der Waals surface area contributed by atoms with Gasteiger partial charge in [-0.25, -0.2) is 4.39 Å². The van der Waals surface area contributed by atoms with Gasteiger partial charge in [-0.3, -0.25) is 4.68 Å². The maximum atomic E-state index is 13.4. The zero-order chi connectivity index (χ0) is 13.1. The summed E-state index contributed by atoms with van der Waals surface area (Å²) in [4.78, 5) is 0. The van der Waals surface area contributed by atoms with E-state index < -0.39 is 6.10 Å². The molecule has 3 nitrogen and oxygen atoms in total. The van der Waals surface area contributed by atoms with E-state index in [1.165, 1.54) is 6.07 Å². The molecule has 0 fully saturated rings. The molecular weight excluding hydrogens is 231 g/mol. The fourth-order valence-corrected chi connectivity index (χ4v) is 1.91. The van der Waals surface area contributed by atoms with Crippen LogP contribution in [0.5, 0.6) is 0 Å². The topological polar surface area (TPSA) is 38.1 Å². The van der Waals surface area contributed by atoms with Crippen molar-refractivity contribution in [2.45, 2.75) is 25.9 Å². The first-order chi connectivity index (χ1) is 8.58. The zero-order valence-electron chi connectivity index (χ0n) is 10.6. The molecule has 1 aromatic heterocycles. The Kier molecular flexibility index (Phi) is 3.77. The molecule has 0 bridgehead atoms. The third-order valence-corrected chi connectivity index (χ3v) is 3.18. The molecule has 0 aliphatic carbocycles. The molecule has 0 saturated carbocycles. The van der Waals surface area contributed by atoms with E-state index in [0.29, 0.717) is 24.0 Å². The van der Waals surface area contributed by atoms with Crippen molar-refractivity contribution in [1.29, 1.82) is 0 Å². The van der Waals surface area contributed by atoms with Crippen molar-refractivity contribution in [1.82, 2.24) is 9.78 Å². The summed E-state index contributed by atoms with van der Waals surface area (Å²) in [6.45, 7) is 1.71. The summed E-state index contributed by atoms with van der Waals surface area (Å²) >= 11 is 0. The van der Waals surface area contributed by atoms with Crippen LogP contribution in [0.15, 0.2) is 30.5 Å². The van der Waals surface area contributed by atoms with Gasteiger partial charge in [-0.1, -0.05) is 12.1 Å². The van der Waals surface area contributed by atoms with Gasteiger partial charge in [-0.05, 0) is 43.0 Å². The smallest absolute Gasteiger partial charge is 0.126 e. The number of aliphatic hydroxyl groups is 1. The lowest BCUT2D eigenvalue weighted by Crippen LogP contribution is -2.04. The van der Waals surface area contributed by atoms with E-state index in [1.54, 1.807) is 29.9 Å². The lowest BCUT2D eigenvalue weighted by atomic mass is 10.0. The molecule has 2 aromatic rings. The average Bonchev–Trinajstić information content (AvgIpc) is 2.75. The number of aryl methyl sites for hydroxylation is 3. The van der Waals surface area contributed by atoms with Crippen molar-refractivity contribution in [3.63, 3.8) is 0 Å². The predicted molar refractivity (Wildman–Crippen MR) is 67.6 cm³/mol. The second-order valence-corrected chi connectivity index (χ2v) is 4.51. The normalized spacial score (nSPS) is 12.7. The summed E-state index contributed by atoms with van der Waals surface area (Å²) in [5.74, 6) is -0.271. The molecule has 1 N–H and O–H groups in total.